The minimum absolute atomic E-state index is 0.305. The van der Waals surface area contributed by atoms with E-state index in [1.165, 1.54) is 10.7 Å². The Hall–Kier alpha value is -3.48. The molecule has 2 heterocycles. The Bertz CT molecular complexity index is 1030. The monoisotopic (exact) mass is 349 g/mol. The number of benzene rings is 2. The number of aromatic nitrogens is 4. The fourth-order valence-corrected chi connectivity index (χ4v) is 2.55. The molecule has 0 aliphatic rings. The Kier molecular flexibility index (Phi) is 4.18. The van der Waals surface area contributed by atoms with Crippen LogP contribution < -0.4 is 5.32 Å². The predicted molar refractivity (Wildman–Crippen MR) is 95.3 cm³/mol. The van der Waals surface area contributed by atoms with Gasteiger partial charge in [-0.05, 0) is 42.8 Å². The van der Waals surface area contributed by atoms with Crippen LogP contribution in [0.25, 0.3) is 17.1 Å². The summed E-state index contributed by atoms with van der Waals surface area (Å²) in [5, 5.41) is 15.3. The van der Waals surface area contributed by atoms with Crippen molar-refractivity contribution in [3.8, 4) is 17.1 Å². The zero-order valence-electron chi connectivity index (χ0n) is 14.1. The average Bonchev–Trinajstić information content (AvgIpc) is 3.30. The van der Waals surface area contributed by atoms with E-state index in [0.717, 1.165) is 11.1 Å². The van der Waals surface area contributed by atoms with Gasteiger partial charge in [0.15, 0.2) is 5.82 Å². The van der Waals surface area contributed by atoms with Crippen LogP contribution >= 0.6 is 0 Å². The van der Waals surface area contributed by atoms with Crippen LogP contribution in [-0.2, 0) is 6.54 Å². The van der Waals surface area contributed by atoms with E-state index in [1.807, 2.05) is 37.3 Å². The summed E-state index contributed by atoms with van der Waals surface area (Å²) in [5.74, 6) is 0.516. The number of nitrogens with zero attached hydrogens (tertiary/aromatic N) is 4. The van der Waals surface area contributed by atoms with Crippen molar-refractivity contribution in [2.75, 3.05) is 5.32 Å². The third-order valence-electron chi connectivity index (χ3n) is 3.84. The van der Waals surface area contributed by atoms with E-state index in [9.17, 15) is 4.39 Å². The molecule has 0 saturated carbocycles. The lowest BCUT2D eigenvalue weighted by Gasteiger charge is -2.07. The summed E-state index contributed by atoms with van der Waals surface area (Å²) >= 11 is 0. The third kappa shape index (κ3) is 3.32. The maximum absolute atomic E-state index is 14.3. The van der Waals surface area contributed by atoms with Gasteiger partial charge in [0.25, 0.3) is 0 Å². The molecule has 0 fully saturated rings. The molecule has 0 saturated heterocycles. The lowest BCUT2D eigenvalue weighted by atomic mass is 10.2. The van der Waals surface area contributed by atoms with Crippen molar-refractivity contribution in [1.29, 1.82) is 0 Å². The van der Waals surface area contributed by atoms with E-state index in [1.54, 1.807) is 24.5 Å². The normalized spacial score (nSPS) is 10.8. The predicted octanol–water partition coefficient (Wildman–Crippen LogP) is 3.98. The van der Waals surface area contributed by atoms with Crippen LogP contribution in [-0.4, -0.2) is 20.0 Å². The summed E-state index contributed by atoms with van der Waals surface area (Å²) < 4.78 is 21.5. The number of anilines is 1. The van der Waals surface area contributed by atoms with E-state index in [-0.39, 0.29) is 5.82 Å². The van der Waals surface area contributed by atoms with Crippen molar-refractivity contribution in [2.45, 2.75) is 13.5 Å². The number of aryl methyl sites for hydroxylation is 1. The molecule has 1 N–H and O–H groups in total. The molecule has 4 aromatic rings. The topological polar surface area (TPSA) is 68.8 Å². The van der Waals surface area contributed by atoms with E-state index in [0.29, 0.717) is 29.7 Å². The van der Waals surface area contributed by atoms with Crippen molar-refractivity contribution in [3.63, 3.8) is 0 Å². The standard InChI is InChI=1S/C19H16FN5O/c1-13-10-22-25(12-13)17-8-7-15(9-16(17)20)21-11-18-23-24-19(26-18)14-5-3-2-4-6-14/h2-10,12,21H,11H2,1H3. The van der Waals surface area contributed by atoms with Crippen molar-refractivity contribution in [1.82, 2.24) is 20.0 Å². The van der Waals surface area contributed by atoms with Gasteiger partial charge in [-0.3, -0.25) is 0 Å². The molecule has 0 radical (unpaired) electrons. The maximum atomic E-state index is 14.3. The Morgan fingerprint density at radius 1 is 1.12 bits per heavy atom. The van der Waals surface area contributed by atoms with Crippen LogP contribution in [0.5, 0.6) is 0 Å². The minimum atomic E-state index is -0.367. The molecule has 7 heteroatoms. The van der Waals surface area contributed by atoms with Crippen LogP contribution in [0.4, 0.5) is 10.1 Å². The SMILES string of the molecule is Cc1cnn(-c2ccc(NCc3nnc(-c4ccccc4)o3)cc2F)c1. The van der Waals surface area contributed by atoms with Crippen LogP contribution in [0.1, 0.15) is 11.5 Å². The summed E-state index contributed by atoms with van der Waals surface area (Å²) in [6.45, 7) is 2.21. The number of halogens is 1. The number of rotatable bonds is 5. The Balaban J connectivity index is 1.45. The molecule has 0 atom stereocenters. The van der Waals surface area contributed by atoms with Gasteiger partial charge >= 0.3 is 0 Å². The van der Waals surface area contributed by atoms with Gasteiger partial charge in [-0.25, -0.2) is 9.07 Å². The van der Waals surface area contributed by atoms with E-state index >= 15 is 0 Å². The second-order valence-corrected chi connectivity index (χ2v) is 5.85. The van der Waals surface area contributed by atoms with Gasteiger partial charge in [0.1, 0.15) is 5.69 Å². The Labute approximate surface area is 149 Å². The third-order valence-corrected chi connectivity index (χ3v) is 3.84. The quantitative estimate of drug-likeness (QED) is 0.590. The molecule has 0 aliphatic carbocycles. The lowest BCUT2D eigenvalue weighted by molar-refractivity contribution is 0.515. The highest BCUT2D eigenvalue weighted by atomic mass is 19.1. The zero-order valence-corrected chi connectivity index (χ0v) is 14.1. The fourth-order valence-electron chi connectivity index (χ4n) is 2.55. The largest absolute Gasteiger partial charge is 0.419 e. The van der Waals surface area contributed by atoms with Gasteiger partial charge in [-0.2, -0.15) is 5.10 Å². The minimum Gasteiger partial charge on any atom is -0.419 e. The molecule has 4 rings (SSSR count). The molecule has 26 heavy (non-hydrogen) atoms. The van der Waals surface area contributed by atoms with Crippen molar-refractivity contribution in [2.24, 2.45) is 0 Å². The highest BCUT2D eigenvalue weighted by molar-refractivity contribution is 5.52. The first-order valence-electron chi connectivity index (χ1n) is 8.12. The molecule has 130 valence electrons. The van der Waals surface area contributed by atoms with Gasteiger partial charge in [0.2, 0.25) is 11.8 Å². The van der Waals surface area contributed by atoms with Crippen molar-refractivity contribution < 1.29 is 8.81 Å². The molecule has 0 aliphatic heterocycles. The molecule has 0 bridgehead atoms. The first-order chi connectivity index (χ1) is 12.7. The first-order valence-corrected chi connectivity index (χ1v) is 8.12. The zero-order chi connectivity index (χ0) is 17.9. The molecule has 0 spiro atoms. The second kappa shape index (κ2) is 6.79. The molecule has 2 aromatic carbocycles. The van der Waals surface area contributed by atoms with Crippen LogP contribution in [0.15, 0.2) is 65.3 Å². The summed E-state index contributed by atoms with van der Waals surface area (Å²) in [4.78, 5) is 0. The van der Waals surface area contributed by atoms with Crippen LogP contribution in [0.2, 0.25) is 0 Å². The number of hydrogen-bond donors (Lipinski definition) is 1. The highest BCUT2D eigenvalue weighted by Crippen LogP contribution is 2.20. The van der Waals surface area contributed by atoms with Crippen molar-refractivity contribution >= 4 is 5.69 Å². The maximum Gasteiger partial charge on any atom is 0.247 e. The van der Waals surface area contributed by atoms with Crippen LogP contribution in [0, 0.1) is 12.7 Å². The summed E-state index contributed by atoms with van der Waals surface area (Å²) in [6.07, 6.45) is 3.46. The average molecular weight is 349 g/mol. The molecule has 2 aromatic heterocycles. The van der Waals surface area contributed by atoms with Gasteiger partial charge in [0, 0.05) is 17.4 Å². The Morgan fingerprint density at radius 3 is 2.69 bits per heavy atom. The lowest BCUT2D eigenvalue weighted by Crippen LogP contribution is -2.02. The van der Waals surface area contributed by atoms with Gasteiger partial charge in [-0.1, -0.05) is 18.2 Å². The molecule has 0 amide bonds. The van der Waals surface area contributed by atoms with E-state index in [4.69, 9.17) is 4.42 Å². The van der Waals surface area contributed by atoms with Gasteiger partial charge in [-0.15, -0.1) is 10.2 Å². The number of hydrogen-bond acceptors (Lipinski definition) is 5. The summed E-state index contributed by atoms with van der Waals surface area (Å²) in [5.41, 5.74) is 2.84. The Morgan fingerprint density at radius 2 is 1.96 bits per heavy atom. The summed E-state index contributed by atoms with van der Waals surface area (Å²) in [7, 11) is 0. The van der Waals surface area contributed by atoms with Crippen molar-refractivity contribution in [3.05, 3.63) is 78.2 Å². The fraction of sp³-hybridized carbons (Fsp3) is 0.105. The molecule has 6 nitrogen and oxygen atoms in total. The summed E-state index contributed by atoms with van der Waals surface area (Å²) in [6, 6.07) is 14.4. The van der Waals surface area contributed by atoms with Gasteiger partial charge in [0.05, 0.1) is 12.7 Å². The van der Waals surface area contributed by atoms with Crippen LogP contribution in [0.3, 0.4) is 0 Å². The highest BCUT2D eigenvalue weighted by Gasteiger charge is 2.10. The van der Waals surface area contributed by atoms with Gasteiger partial charge < -0.3 is 9.73 Å². The molecular weight excluding hydrogens is 333 g/mol. The van der Waals surface area contributed by atoms with E-state index in [2.05, 4.69) is 20.6 Å². The first kappa shape index (κ1) is 16.0. The smallest absolute Gasteiger partial charge is 0.247 e. The molecule has 0 unspecified atom stereocenters. The number of nitrogens with one attached hydrogen (secondary N) is 1. The van der Waals surface area contributed by atoms with E-state index < -0.39 is 0 Å². The second-order valence-electron chi connectivity index (χ2n) is 5.85. The molecular formula is C19H16FN5O.